The summed E-state index contributed by atoms with van der Waals surface area (Å²) in [7, 11) is -4.09. The number of carbonyl (C=O) groups excluding carboxylic acids is 1. The second-order valence-corrected chi connectivity index (χ2v) is 14.2. The Morgan fingerprint density at radius 3 is 2.16 bits per heavy atom. The van der Waals surface area contributed by atoms with Crippen LogP contribution in [0.4, 0.5) is 16.2 Å². The molecule has 1 aromatic heterocycles. The number of aromatic nitrogens is 1. The van der Waals surface area contributed by atoms with E-state index in [9.17, 15) is 13.2 Å². The molecule has 0 aliphatic heterocycles. The molecule has 0 saturated carbocycles. The van der Waals surface area contributed by atoms with Crippen molar-refractivity contribution in [2.75, 3.05) is 11.9 Å². The first-order chi connectivity index (χ1) is 20.2. The molecule has 0 aliphatic rings. The van der Waals surface area contributed by atoms with Gasteiger partial charge in [-0.2, -0.15) is 0 Å². The largest absolute Gasteiger partial charge is 0.444 e. The fraction of sp³-hybridized carbons (Fsp3) is 0.219. The molecule has 43 heavy (non-hydrogen) atoms. The number of amides is 1. The zero-order valence-corrected chi connectivity index (χ0v) is 27.0. The summed E-state index contributed by atoms with van der Waals surface area (Å²) in [5.74, 6) is 0. The van der Waals surface area contributed by atoms with Gasteiger partial charge in [-0.05, 0) is 100 Å². The van der Waals surface area contributed by atoms with Crippen molar-refractivity contribution >= 4 is 84.1 Å². The summed E-state index contributed by atoms with van der Waals surface area (Å²) < 4.78 is 35.3. The van der Waals surface area contributed by atoms with Crippen LogP contribution in [0.15, 0.2) is 77.7 Å². The van der Waals surface area contributed by atoms with Crippen LogP contribution in [0.25, 0.3) is 21.8 Å². The Morgan fingerprint density at radius 1 is 0.860 bits per heavy atom. The van der Waals surface area contributed by atoms with E-state index in [1.54, 1.807) is 69.3 Å². The van der Waals surface area contributed by atoms with Crippen LogP contribution in [-0.4, -0.2) is 30.6 Å². The average molecular weight is 659 g/mol. The van der Waals surface area contributed by atoms with Crippen LogP contribution in [0.5, 0.6) is 0 Å². The predicted molar refractivity (Wildman–Crippen MR) is 176 cm³/mol. The maximum Gasteiger partial charge on any atom is 0.407 e. The number of alkyl carbamates (subject to hydrolysis) is 1. The van der Waals surface area contributed by atoms with E-state index >= 15 is 0 Å². The third kappa shape index (κ3) is 6.73. The minimum atomic E-state index is -4.09. The highest BCUT2D eigenvalue weighted by molar-refractivity contribution is 7.90. The van der Waals surface area contributed by atoms with Gasteiger partial charge < -0.3 is 15.4 Å². The molecule has 1 heterocycles. The summed E-state index contributed by atoms with van der Waals surface area (Å²) in [5, 5.41) is 8.55. The van der Waals surface area contributed by atoms with Gasteiger partial charge in [-0.15, -0.1) is 0 Å². The number of hydrogen-bond acceptors (Lipinski definition) is 5. The molecule has 11 heteroatoms. The molecule has 4 aromatic carbocycles. The van der Waals surface area contributed by atoms with Crippen LogP contribution in [0, 0.1) is 6.92 Å². The molecular weight excluding hydrogens is 629 g/mol. The van der Waals surface area contributed by atoms with Crippen LogP contribution < -0.4 is 10.6 Å². The van der Waals surface area contributed by atoms with Crippen molar-refractivity contribution in [3.05, 3.63) is 99.0 Å². The van der Waals surface area contributed by atoms with Gasteiger partial charge in [0.1, 0.15) is 5.60 Å². The second-order valence-electron chi connectivity index (χ2n) is 11.2. The molecule has 0 fully saturated rings. The van der Waals surface area contributed by atoms with Crippen LogP contribution in [0.1, 0.15) is 31.9 Å². The highest BCUT2D eigenvalue weighted by atomic mass is 35.5. The van der Waals surface area contributed by atoms with Gasteiger partial charge in [-0.1, -0.05) is 52.5 Å². The number of benzene rings is 4. The number of hydrogen-bond donors (Lipinski definition) is 2. The minimum absolute atomic E-state index is 0.129. The van der Waals surface area contributed by atoms with Gasteiger partial charge in [0, 0.05) is 33.7 Å². The van der Waals surface area contributed by atoms with Gasteiger partial charge in [0.05, 0.1) is 26.0 Å². The van der Waals surface area contributed by atoms with Crippen molar-refractivity contribution in [2.24, 2.45) is 0 Å². The molecule has 224 valence electrons. The van der Waals surface area contributed by atoms with Crippen molar-refractivity contribution in [2.45, 2.75) is 44.6 Å². The van der Waals surface area contributed by atoms with Gasteiger partial charge in [-0.3, -0.25) is 0 Å². The highest BCUT2D eigenvalue weighted by Gasteiger charge is 2.27. The van der Waals surface area contributed by atoms with Crippen molar-refractivity contribution in [3.8, 4) is 0 Å². The monoisotopic (exact) mass is 657 g/mol. The normalized spacial score (nSPS) is 12.1. The molecule has 0 unspecified atom stereocenters. The molecule has 0 aliphatic carbocycles. The first-order valence-electron chi connectivity index (χ1n) is 13.5. The van der Waals surface area contributed by atoms with Gasteiger partial charge in [0.25, 0.3) is 10.0 Å². The predicted octanol–water partition coefficient (Wildman–Crippen LogP) is 9.11. The fourth-order valence-electron chi connectivity index (χ4n) is 4.82. The Bertz CT molecular complexity index is 1950. The summed E-state index contributed by atoms with van der Waals surface area (Å²) >= 11 is 19.0. The fourth-order valence-corrected chi connectivity index (χ4v) is 6.83. The third-order valence-corrected chi connectivity index (χ3v) is 9.40. The molecule has 5 rings (SSSR count). The zero-order valence-electron chi connectivity index (χ0n) is 24.0. The summed E-state index contributed by atoms with van der Waals surface area (Å²) in [4.78, 5) is 12.5. The highest BCUT2D eigenvalue weighted by Crippen LogP contribution is 2.40. The molecule has 1 amide bonds. The SMILES string of the molecule is Cc1ccc(S(=O)(=O)n2c3cc(Cl)c(Cl)cc3c3cc(Nc4ccc(Cl)cc4)cc(CCNC(=O)OC(C)(C)C)c32)cc1. The Labute approximate surface area is 265 Å². The van der Waals surface area contributed by atoms with E-state index in [4.69, 9.17) is 39.5 Å². The van der Waals surface area contributed by atoms with Crippen LogP contribution in [0.2, 0.25) is 15.1 Å². The zero-order chi connectivity index (χ0) is 31.1. The maximum atomic E-state index is 14.3. The summed E-state index contributed by atoms with van der Waals surface area (Å²) in [5.41, 5.74) is 3.29. The standard InChI is InChI=1S/C32H30Cl3N3O4S/c1-19-5-11-24(12-6-19)43(40,41)38-29-18-28(35)27(34)17-25(29)26-16-23(37-22-9-7-21(33)8-10-22)15-20(30(26)38)13-14-36-31(39)42-32(2,3)4/h5-12,15-18,37H,13-14H2,1-4H3,(H,36,39). The number of fused-ring (bicyclic) bond motifs is 3. The summed E-state index contributed by atoms with van der Waals surface area (Å²) in [6.07, 6.45) is -0.266. The lowest BCUT2D eigenvalue weighted by molar-refractivity contribution is 0.0528. The number of aryl methyl sites for hydroxylation is 1. The second kappa shape index (κ2) is 11.9. The van der Waals surface area contributed by atoms with E-state index in [1.807, 2.05) is 31.2 Å². The molecule has 0 radical (unpaired) electrons. The van der Waals surface area contributed by atoms with Crippen molar-refractivity contribution in [1.29, 1.82) is 0 Å². The van der Waals surface area contributed by atoms with Crippen molar-refractivity contribution in [1.82, 2.24) is 9.29 Å². The number of rotatable bonds is 7. The first kappa shape index (κ1) is 31.0. The topological polar surface area (TPSA) is 89.4 Å². The van der Waals surface area contributed by atoms with E-state index in [0.717, 1.165) is 11.3 Å². The maximum absolute atomic E-state index is 14.3. The Kier molecular flexibility index (Phi) is 8.60. The van der Waals surface area contributed by atoms with Gasteiger partial charge >= 0.3 is 6.09 Å². The lowest BCUT2D eigenvalue weighted by Gasteiger charge is -2.20. The number of anilines is 2. The van der Waals surface area contributed by atoms with Crippen molar-refractivity contribution in [3.63, 3.8) is 0 Å². The Hall–Kier alpha value is -3.43. The summed E-state index contributed by atoms with van der Waals surface area (Å²) in [6.45, 7) is 7.44. The molecule has 0 bridgehead atoms. The van der Waals surface area contributed by atoms with E-state index in [1.165, 1.54) is 3.97 Å². The van der Waals surface area contributed by atoms with E-state index in [0.29, 0.717) is 49.5 Å². The molecule has 5 aromatic rings. The number of halogens is 3. The lowest BCUT2D eigenvalue weighted by Crippen LogP contribution is -2.33. The van der Waals surface area contributed by atoms with E-state index < -0.39 is 21.7 Å². The van der Waals surface area contributed by atoms with E-state index in [2.05, 4.69) is 10.6 Å². The molecular formula is C32H30Cl3N3O4S. The lowest BCUT2D eigenvalue weighted by atomic mass is 10.0. The Morgan fingerprint density at radius 2 is 1.51 bits per heavy atom. The molecule has 2 N–H and O–H groups in total. The number of ether oxygens (including phenoxy) is 1. The first-order valence-corrected chi connectivity index (χ1v) is 16.1. The van der Waals surface area contributed by atoms with Crippen LogP contribution in [-0.2, 0) is 21.2 Å². The van der Waals surface area contributed by atoms with Gasteiger partial charge in [-0.25, -0.2) is 17.2 Å². The Balaban J connectivity index is 1.73. The van der Waals surface area contributed by atoms with Gasteiger partial charge in [0.2, 0.25) is 0 Å². The average Bonchev–Trinajstić information content (AvgIpc) is 3.23. The molecule has 7 nitrogen and oxygen atoms in total. The number of nitrogens with zero attached hydrogens (tertiary/aromatic N) is 1. The van der Waals surface area contributed by atoms with Gasteiger partial charge in [0.15, 0.2) is 0 Å². The summed E-state index contributed by atoms with van der Waals surface area (Å²) in [6, 6.07) is 20.9. The quantitative estimate of drug-likeness (QED) is 0.182. The minimum Gasteiger partial charge on any atom is -0.444 e. The molecule has 0 atom stereocenters. The molecule has 0 spiro atoms. The van der Waals surface area contributed by atoms with Crippen LogP contribution in [0.3, 0.4) is 0 Å². The molecule has 0 saturated heterocycles. The third-order valence-electron chi connectivity index (χ3n) is 6.69. The van der Waals surface area contributed by atoms with Crippen molar-refractivity contribution < 1.29 is 17.9 Å². The number of carbonyl (C=O) groups is 1. The smallest absolute Gasteiger partial charge is 0.407 e. The number of nitrogens with one attached hydrogen (secondary N) is 2. The van der Waals surface area contributed by atoms with E-state index in [-0.39, 0.29) is 16.5 Å². The van der Waals surface area contributed by atoms with Crippen LogP contribution >= 0.6 is 34.8 Å².